The highest BCUT2D eigenvalue weighted by Gasteiger charge is 2.05. The molecule has 0 aliphatic rings. The molecule has 1 N–H and O–H groups in total. The first kappa shape index (κ1) is 16.5. The third-order valence-corrected chi connectivity index (χ3v) is 3.46. The number of ether oxygens (including phenoxy) is 1. The fraction of sp³-hybridized carbons (Fsp3) is 0.125. The van der Waals surface area contributed by atoms with E-state index in [9.17, 15) is 4.79 Å². The van der Waals surface area contributed by atoms with E-state index in [1.165, 1.54) is 6.21 Å². The minimum Gasteiger partial charge on any atom is -0.493 e. The molecule has 0 aromatic heterocycles. The third kappa shape index (κ3) is 4.58. The molecule has 4 nitrogen and oxygen atoms in total. The van der Waals surface area contributed by atoms with Gasteiger partial charge in [-0.15, -0.1) is 0 Å². The molecular formula is C16H14BrClN2O2. The predicted octanol–water partition coefficient (Wildman–Crippen LogP) is 4.27. The number of nitrogens with zero attached hydrogens (tertiary/aromatic N) is 1. The number of nitrogens with one attached hydrogen (secondary N) is 1. The van der Waals surface area contributed by atoms with E-state index < -0.39 is 0 Å². The van der Waals surface area contributed by atoms with Gasteiger partial charge in [-0.05, 0) is 43.3 Å². The fourth-order valence-corrected chi connectivity index (χ4v) is 2.34. The Hall–Kier alpha value is -1.85. The second kappa shape index (κ2) is 7.96. The molecule has 0 fully saturated rings. The van der Waals surface area contributed by atoms with Gasteiger partial charge in [0.25, 0.3) is 5.91 Å². The summed E-state index contributed by atoms with van der Waals surface area (Å²) in [6, 6.07) is 12.3. The Morgan fingerprint density at radius 1 is 1.36 bits per heavy atom. The summed E-state index contributed by atoms with van der Waals surface area (Å²) in [7, 11) is 0. The van der Waals surface area contributed by atoms with Crippen LogP contribution in [0.5, 0.6) is 5.75 Å². The Kier molecular flexibility index (Phi) is 5.98. The standard InChI is InChI=1S/C16H14BrClN2O2/c1-2-22-15-7-6-14(18)9-12(15)10-19-20-16(21)11-4-3-5-13(17)8-11/h3-10H,2H2,1H3,(H,20,21)/b19-10-. The molecule has 2 aromatic carbocycles. The van der Waals surface area contributed by atoms with E-state index in [1.807, 2.05) is 13.0 Å². The van der Waals surface area contributed by atoms with Crippen molar-refractivity contribution in [1.82, 2.24) is 5.43 Å². The van der Waals surface area contributed by atoms with E-state index >= 15 is 0 Å². The molecule has 1 amide bonds. The van der Waals surface area contributed by atoms with Crippen molar-refractivity contribution < 1.29 is 9.53 Å². The lowest BCUT2D eigenvalue weighted by molar-refractivity contribution is 0.0955. The van der Waals surface area contributed by atoms with Gasteiger partial charge in [0.05, 0.1) is 12.8 Å². The van der Waals surface area contributed by atoms with Crippen molar-refractivity contribution in [3.8, 4) is 5.75 Å². The molecule has 0 saturated heterocycles. The van der Waals surface area contributed by atoms with Crippen molar-refractivity contribution in [3.05, 3.63) is 63.1 Å². The number of hydrogen-bond donors (Lipinski definition) is 1. The average molecular weight is 382 g/mol. The van der Waals surface area contributed by atoms with Crippen LogP contribution in [0.2, 0.25) is 5.02 Å². The molecule has 0 bridgehead atoms. The Balaban J connectivity index is 2.09. The largest absolute Gasteiger partial charge is 0.493 e. The first-order valence-corrected chi connectivity index (χ1v) is 7.78. The maximum atomic E-state index is 12.0. The van der Waals surface area contributed by atoms with Crippen LogP contribution in [-0.4, -0.2) is 18.7 Å². The summed E-state index contributed by atoms with van der Waals surface area (Å²) < 4.78 is 6.31. The second-order valence-corrected chi connectivity index (χ2v) is 5.68. The summed E-state index contributed by atoms with van der Waals surface area (Å²) in [5, 5.41) is 4.53. The number of amides is 1. The molecule has 0 spiro atoms. The zero-order valence-electron chi connectivity index (χ0n) is 11.8. The van der Waals surface area contributed by atoms with Gasteiger partial charge in [0.2, 0.25) is 0 Å². The molecule has 0 unspecified atom stereocenters. The Morgan fingerprint density at radius 3 is 2.91 bits per heavy atom. The summed E-state index contributed by atoms with van der Waals surface area (Å²) >= 11 is 9.28. The van der Waals surface area contributed by atoms with Crippen LogP contribution in [-0.2, 0) is 0 Å². The molecule has 0 aliphatic carbocycles. The molecule has 0 heterocycles. The highest BCUT2D eigenvalue weighted by Crippen LogP contribution is 2.21. The SMILES string of the molecule is CCOc1ccc(Cl)cc1/C=N\NC(=O)c1cccc(Br)c1. The van der Waals surface area contributed by atoms with Crippen LogP contribution >= 0.6 is 27.5 Å². The normalized spacial score (nSPS) is 10.7. The van der Waals surface area contributed by atoms with Gasteiger partial charge in [0, 0.05) is 20.6 Å². The highest BCUT2D eigenvalue weighted by molar-refractivity contribution is 9.10. The topological polar surface area (TPSA) is 50.7 Å². The molecular weight excluding hydrogens is 368 g/mol. The van der Waals surface area contributed by atoms with Gasteiger partial charge < -0.3 is 4.74 Å². The number of carbonyl (C=O) groups is 1. The van der Waals surface area contributed by atoms with Crippen LogP contribution in [0.15, 0.2) is 52.0 Å². The Bertz CT molecular complexity index is 704. The van der Waals surface area contributed by atoms with Crippen molar-refractivity contribution in [2.75, 3.05) is 6.61 Å². The van der Waals surface area contributed by atoms with Crippen LogP contribution in [0.25, 0.3) is 0 Å². The Labute approximate surface area is 142 Å². The fourth-order valence-electron chi connectivity index (χ4n) is 1.76. The maximum Gasteiger partial charge on any atom is 0.271 e. The molecule has 2 aromatic rings. The average Bonchev–Trinajstić information content (AvgIpc) is 2.50. The molecule has 0 saturated carbocycles. The number of hydrogen-bond acceptors (Lipinski definition) is 3. The van der Waals surface area contributed by atoms with Crippen LogP contribution in [0.4, 0.5) is 0 Å². The summed E-state index contributed by atoms with van der Waals surface area (Å²) in [6.45, 7) is 2.43. The number of carbonyl (C=O) groups excluding carboxylic acids is 1. The van der Waals surface area contributed by atoms with Crippen molar-refractivity contribution in [2.24, 2.45) is 5.10 Å². The quantitative estimate of drug-likeness (QED) is 0.621. The summed E-state index contributed by atoms with van der Waals surface area (Å²) in [4.78, 5) is 12.0. The molecule has 6 heteroatoms. The molecule has 2 rings (SSSR count). The lowest BCUT2D eigenvalue weighted by atomic mass is 10.2. The summed E-state index contributed by atoms with van der Waals surface area (Å²) in [5.74, 6) is 0.366. The lowest BCUT2D eigenvalue weighted by Gasteiger charge is -2.07. The highest BCUT2D eigenvalue weighted by atomic mass is 79.9. The maximum absolute atomic E-state index is 12.0. The number of benzene rings is 2. The van der Waals surface area contributed by atoms with Crippen LogP contribution in [0.1, 0.15) is 22.8 Å². The zero-order valence-corrected chi connectivity index (χ0v) is 14.2. The van der Waals surface area contributed by atoms with Gasteiger partial charge in [0.1, 0.15) is 5.75 Å². The second-order valence-electron chi connectivity index (χ2n) is 4.32. The van der Waals surface area contributed by atoms with Crippen molar-refractivity contribution in [2.45, 2.75) is 6.92 Å². The zero-order chi connectivity index (χ0) is 15.9. The van der Waals surface area contributed by atoms with Crippen molar-refractivity contribution >= 4 is 39.7 Å². The Morgan fingerprint density at radius 2 is 2.18 bits per heavy atom. The molecule has 22 heavy (non-hydrogen) atoms. The number of hydrazone groups is 1. The van der Waals surface area contributed by atoms with Gasteiger partial charge in [-0.25, -0.2) is 5.43 Å². The van der Waals surface area contributed by atoms with Crippen LogP contribution in [0, 0.1) is 0 Å². The minimum atomic E-state index is -0.294. The van der Waals surface area contributed by atoms with Crippen molar-refractivity contribution in [3.63, 3.8) is 0 Å². The number of rotatable bonds is 5. The molecule has 0 aliphatic heterocycles. The summed E-state index contributed by atoms with van der Waals surface area (Å²) in [5.41, 5.74) is 3.69. The van der Waals surface area contributed by atoms with E-state index in [1.54, 1.807) is 36.4 Å². The van der Waals surface area contributed by atoms with Gasteiger partial charge >= 0.3 is 0 Å². The lowest BCUT2D eigenvalue weighted by Crippen LogP contribution is -2.17. The first-order chi connectivity index (χ1) is 10.6. The molecule has 114 valence electrons. The van der Waals surface area contributed by atoms with Gasteiger partial charge in [-0.1, -0.05) is 33.6 Å². The third-order valence-electron chi connectivity index (χ3n) is 2.73. The summed E-state index contributed by atoms with van der Waals surface area (Å²) in [6.07, 6.45) is 1.51. The van der Waals surface area contributed by atoms with E-state index in [2.05, 4.69) is 26.5 Å². The van der Waals surface area contributed by atoms with E-state index in [0.717, 1.165) is 4.47 Å². The monoisotopic (exact) mass is 380 g/mol. The smallest absolute Gasteiger partial charge is 0.271 e. The van der Waals surface area contributed by atoms with Crippen LogP contribution < -0.4 is 10.2 Å². The first-order valence-electron chi connectivity index (χ1n) is 6.61. The van der Waals surface area contributed by atoms with E-state index in [4.69, 9.17) is 16.3 Å². The van der Waals surface area contributed by atoms with Gasteiger partial charge in [0.15, 0.2) is 0 Å². The van der Waals surface area contributed by atoms with Crippen LogP contribution in [0.3, 0.4) is 0 Å². The van der Waals surface area contributed by atoms with E-state index in [-0.39, 0.29) is 5.91 Å². The predicted molar refractivity (Wildman–Crippen MR) is 91.8 cm³/mol. The van der Waals surface area contributed by atoms with Gasteiger partial charge in [-0.3, -0.25) is 4.79 Å². The van der Waals surface area contributed by atoms with Crippen molar-refractivity contribution in [1.29, 1.82) is 0 Å². The minimum absolute atomic E-state index is 0.294. The van der Waals surface area contributed by atoms with E-state index in [0.29, 0.717) is 28.5 Å². The number of halogens is 2. The molecule has 0 radical (unpaired) electrons. The van der Waals surface area contributed by atoms with Gasteiger partial charge in [-0.2, -0.15) is 5.10 Å². The molecule has 0 atom stereocenters.